The Balaban J connectivity index is 1.50. The third-order valence-electron chi connectivity index (χ3n) is 6.71. The minimum absolute atomic E-state index is 0.00401. The summed E-state index contributed by atoms with van der Waals surface area (Å²) in [5, 5.41) is 10.0. The summed E-state index contributed by atoms with van der Waals surface area (Å²) >= 11 is 0. The molecule has 0 radical (unpaired) electrons. The highest BCUT2D eigenvalue weighted by molar-refractivity contribution is 5.47. The fourth-order valence-electron chi connectivity index (χ4n) is 5.08. The van der Waals surface area contributed by atoms with Gasteiger partial charge < -0.3 is 14.7 Å². The van der Waals surface area contributed by atoms with Crippen LogP contribution in [-0.4, -0.2) is 50.0 Å². The predicted molar refractivity (Wildman–Crippen MR) is 109 cm³/mol. The summed E-state index contributed by atoms with van der Waals surface area (Å²) < 4.78 is 5.52. The van der Waals surface area contributed by atoms with Gasteiger partial charge in [-0.15, -0.1) is 0 Å². The van der Waals surface area contributed by atoms with Gasteiger partial charge in [-0.25, -0.2) is 0 Å². The summed E-state index contributed by atoms with van der Waals surface area (Å²) in [4.78, 5) is 2.44. The molecule has 0 unspecified atom stereocenters. The van der Waals surface area contributed by atoms with Crippen LogP contribution in [0.5, 0.6) is 0 Å². The highest BCUT2D eigenvalue weighted by Crippen LogP contribution is 2.59. The lowest BCUT2D eigenvalue weighted by Crippen LogP contribution is -2.43. The number of hydrogen-bond donors (Lipinski definition) is 1. The number of ether oxygens (including phenoxy) is 1. The lowest BCUT2D eigenvalue weighted by atomic mass is 9.80. The highest BCUT2D eigenvalue weighted by Gasteiger charge is 2.56. The van der Waals surface area contributed by atoms with Gasteiger partial charge in [0.25, 0.3) is 0 Å². The Morgan fingerprint density at radius 3 is 2.04 bits per heavy atom. The zero-order valence-corrected chi connectivity index (χ0v) is 16.3. The molecule has 144 valence electrons. The molecule has 2 aromatic rings. The third-order valence-corrected chi connectivity index (χ3v) is 6.71. The quantitative estimate of drug-likeness (QED) is 0.812. The zero-order valence-electron chi connectivity index (χ0n) is 16.3. The van der Waals surface area contributed by atoms with Gasteiger partial charge in [-0.1, -0.05) is 60.7 Å². The minimum atomic E-state index is 0.00401. The minimum Gasteiger partial charge on any atom is -0.396 e. The first-order chi connectivity index (χ1) is 13.2. The smallest absolute Gasteiger partial charge is 0.0501 e. The molecule has 0 aromatic heterocycles. The lowest BCUT2D eigenvalue weighted by molar-refractivity contribution is -0.0314. The predicted octanol–water partition coefficient (Wildman–Crippen LogP) is 3.71. The molecule has 2 aliphatic rings. The van der Waals surface area contributed by atoms with Crippen molar-refractivity contribution in [2.75, 3.05) is 40.0 Å². The summed E-state index contributed by atoms with van der Waals surface area (Å²) in [6, 6.07) is 21.9. The van der Waals surface area contributed by atoms with Crippen LogP contribution in [-0.2, 0) is 10.2 Å². The van der Waals surface area contributed by atoms with Crippen molar-refractivity contribution < 1.29 is 9.84 Å². The molecule has 1 aliphatic heterocycles. The number of benzene rings is 2. The van der Waals surface area contributed by atoms with E-state index in [2.05, 4.69) is 72.6 Å². The van der Waals surface area contributed by atoms with Gasteiger partial charge in [0.2, 0.25) is 0 Å². The Kier molecular flexibility index (Phi) is 5.36. The standard InChI is InChI=1S/C24H31NO2/c1-25(18-23(19-26)12-14-27-15-13-23)17-22-16-24(22,20-8-4-2-5-9-20)21-10-6-3-7-11-21/h2-11,22,26H,12-19H2,1H3/t22-/m0/s1. The second-order valence-electron chi connectivity index (χ2n) is 8.57. The van der Waals surface area contributed by atoms with E-state index in [1.807, 2.05) is 0 Å². The number of rotatable bonds is 7. The van der Waals surface area contributed by atoms with Crippen LogP contribution in [0.4, 0.5) is 0 Å². The first kappa shape index (κ1) is 18.7. The summed E-state index contributed by atoms with van der Waals surface area (Å²) in [6.07, 6.45) is 3.11. The van der Waals surface area contributed by atoms with Gasteiger partial charge in [-0.2, -0.15) is 0 Å². The van der Waals surface area contributed by atoms with Crippen LogP contribution < -0.4 is 0 Å². The Labute approximate surface area is 163 Å². The normalized spacial score (nSPS) is 23.3. The molecule has 3 nitrogen and oxygen atoms in total. The molecular formula is C24H31NO2. The van der Waals surface area contributed by atoms with Crippen molar-refractivity contribution in [3.63, 3.8) is 0 Å². The molecular weight excluding hydrogens is 334 g/mol. The van der Waals surface area contributed by atoms with Crippen LogP contribution in [0.25, 0.3) is 0 Å². The van der Waals surface area contributed by atoms with E-state index >= 15 is 0 Å². The molecule has 0 amide bonds. The van der Waals surface area contributed by atoms with Crippen molar-refractivity contribution in [1.29, 1.82) is 0 Å². The van der Waals surface area contributed by atoms with Crippen molar-refractivity contribution in [2.24, 2.45) is 11.3 Å². The number of aliphatic hydroxyl groups excluding tert-OH is 1. The van der Waals surface area contributed by atoms with Crippen molar-refractivity contribution >= 4 is 0 Å². The molecule has 1 aliphatic carbocycles. The molecule has 0 bridgehead atoms. The van der Waals surface area contributed by atoms with E-state index < -0.39 is 0 Å². The van der Waals surface area contributed by atoms with Crippen molar-refractivity contribution in [3.8, 4) is 0 Å². The Morgan fingerprint density at radius 1 is 0.963 bits per heavy atom. The average Bonchev–Trinajstić information content (AvgIpc) is 3.44. The fraction of sp³-hybridized carbons (Fsp3) is 0.500. The van der Waals surface area contributed by atoms with Crippen molar-refractivity contribution in [3.05, 3.63) is 71.8 Å². The van der Waals surface area contributed by atoms with Gasteiger partial charge in [0.1, 0.15) is 0 Å². The SMILES string of the molecule is CN(C[C@@H]1CC1(c1ccccc1)c1ccccc1)CC1(CO)CCOCC1. The van der Waals surface area contributed by atoms with E-state index in [0.29, 0.717) is 5.92 Å². The topological polar surface area (TPSA) is 32.7 Å². The van der Waals surface area contributed by atoms with E-state index in [1.165, 1.54) is 17.5 Å². The van der Waals surface area contributed by atoms with Crippen LogP contribution in [0.2, 0.25) is 0 Å². The molecule has 0 spiro atoms. The molecule has 2 aromatic carbocycles. The molecule has 1 N–H and O–H groups in total. The summed E-state index contributed by atoms with van der Waals surface area (Å²) in [5.74, 6) is 0.614. The van der Waals surface area contributed by atoms with Crippen LogP contribution in [0.15, 0.2) is 60.7 Å². The average molecular weight is 366 g/mol. The molecule has 1 atom stereocenters. The van der Waals surface area contributed by atoms with Gasteiger partial charge in [-0.3, -0.25) is 0 Å². The lowest BCUT2D eigenvalue weighted by Gasteiger charge is -2.38. The fourth-order valence-corrected chi connectivity index (χ4v) is 5.08. The molecule has 4 rings (SSSR count). The highest BCUT2D eigenvalue weighted by atomic mass is 16.5. The Morgan fingerprint density at radius 2 is 1.52 bits per heavy atom. The van der Waals surface area contributed by atoms with E-state index in [1.54, 1.807) is 0 Å². The summed E-state index contributed by atoms with van der Waals surface area (Å²) in [6.45, 7) is 3.81. The van der Waals surface area contributed by atoms with Crippen LogP contribution in [0, 0.1) is 11.3 Å². The second-order valence-corrected chi connectivity index (χ2v) is 8.57. The van der Waals surface area contributed by atoms with E-state index in [-0.39, 0.29) is 17.4 Å². The molecule has 1 heterocycles. The third kappa shape index (κ3) is 3.69. The number of nitrogens with zero attached hydrogens (tertiary/aromatic N) is 1. The number of aliphatic hydroxyl groups is 1. The van der Waals surface area contributed by atoms with Gasteiger partial charge in [0.15, 0.2) is 0 Å². The van der Waals surface area contributed by atoms with E-state index in [0.717, 1.165) is 39.1 Å². The maximum atomic E-state index is 10.0. The molecule has 1 saturated carbocycles. The molecule has 2 fully saturated rings. The van der Waals surface area contributed by atoms with E-state index in [9.17, 15) is 5.11 Å². The van der Waals surface area contributed by atoms with Crippen LogP contribution in [0.3, 0.4) is 0 Å². The van der Waals surface area contributed by atoms with Gasteiger partial charge >= 0.3 is 0 Å². The molecule has 27 heavy (non-hydrogen) atoms. The first-order valence-electron chi connectivity index (χ1n) is 10.2. The van der Waals surface area contributed by atoms with Crippen LogP contribution >= 0.6 is 0 Å². The van der Waals surface area contributed by atoms with E-state index in [4.69, 9.17) is 4.74 Å². The zero-order chi connectivity index (χ0) is 18.7. The monoisotopic (exact) mass is 365 g/mol. The van der Waals surface area contributed by atoms with Crippen molar-refractivity contribution in [1.82, 2.24) is 4.90 Å². The number of hydrogen-bond acceptors (Lipinski definition) is 3. The van der Waals surface area contributed by atoms with Gasteiger partial charge in [-0.05, 0) is 43.4 Å². The first-order valence-corrected chi connectivity index (χ1v) is 10.2. The maximum absolute atomic E-state index is 10.0. The summed E-state index contributed by atoms with van der Waals surface area (Å²) in [7, 11) is 2.21. The largest absolute Gasteiger partial charge is 0.396 e. The second kappa shape index (κ2) is 7.75. The Bertz CT molecular complexity index is 685. The van der Waals surface area contributed by atoms with Crippen LogP contribution in [0.1, 0.15) is 30.4 Å². The van der Waals surface area contributed by atoms with Crippen molar-refractivity contribution in [2.45, 2.75) is 24.7 Å². The molecule has 3 heteroatoms. The maximum Gasteiger partial charge on any atom is 0.0501 e. The summed E-state index contributed by atoms with van der Waals surface area (Å²) in [5.41, 5.74) is 3.00. The van der Waals surface area contributed by atoms with Gasteiger partial charge in [0.05, 0.1) is 6.61 Å². The Hall–Kier alpha value is -1.68. The molecule has 1 saturated heterocycles. The van der Waals surface area contributed by atoms with Gasteiger partial charge in [0, 0.05) is 37.1 Å².